The van der Waals surface area contributed by atoms with E-state index in [-0.39, 0.29) is 0 Å². The first-order valence-corrected chi connectivity index (χ1v) is 7.66. The van der Waals surface area contributed by atoms with Crippen molar-refractivity contribution in [2.75, 3.05) is 33.9 Å². The minimum absolute atomic E-state index is 0.535. The Morgan fingerprint density at radius 3 is 2.33 bits per heavy atom. The van der Waals surface area contributed by atoms with Crippen LogP contribution in [0.25, 0.3) is 0 Å². The quantitative estimate of drug-likeness (QED) is 0.821. The monoisotopic (exact) mass is 294 g/mol. The Morgan fingerprint density at radius 1 is 1.19 bits per heavy atom. The van der Waals surface area contributed by atoms with E-state index in [1.54, 1.807) is 14.2 Å². The van der Waals surface area contributed by atoms with Gasteiger partial charge in [-0.25, -0.2) is 9.97 Å². The van der Waals surface area contributed by atoms with Gasteiger partial charge < -0.3 is 19.7 Å². The average Bonchev–Trinajstić information content (AvgIpc) is 2.54. The molecule has 0 saturated carbocycles. The van der Waals surface area contributed by atoms with Crippen LogP contribution >= 0.6 is 0 Å². The summed E-state index contributed by atoms with van der Waals surface area (Å²) in [7, 11) is 3.24. The van der Waals surface area contributed by atoms with Gasteiger partial charge in [-0.05, 0) is 38.9 Å². The number of likely N-dealkylation sites (tertiary alicyclic amines) is 1. The molecule has 1 fully saturated rings. The molecule has 118 valence electrons. The summed E-state index contributed by atoms with van der Waals surface area (Å²) in [6.07, 6.45) is 5.05. The molecule has 6 nitrogen and oxygen atoms in total. The molecule has 0 atom stereocenters. The molecular formula is C15H26N4O2. The number of hydrogen-bond acceptors (Lipinski definition) is 6. The SMILES string of the molecule is CCCN1CCC(NCc2c(OC)ncnc2OC)CC1. The number of hydrogen-bond donors (Lipinski definition) is 1. The highest BCUT2D eigenvalue weighted by Gasteiger charge is 2.20. The summed E-state index contributed by atoms with van der Waals surface area (Å²) in [6, 6.07) is 0.535. The minimum atomic E-state index is 0.535. The smallest absolute Gasteiger partial charge is 0.224 e. The molecule has 0 aliphatic carbocycles. The maximum absolute atomic E-state index is 5.30. The normalized spacial score (nSPS) is 16.9. The van der Waals surface area contributed by atoms with Gasteiger partial charge in [-0.15, -0.1) is 0 Å². The molecule has 21 heavy (non-hydrogen) atoms. The molecule has 1 aromatic rings. The lowest BCUT2D eigenvalue weighted by molar-refractivity contribution is 0.197. The van der Waals surface area contributed by atoms with Crippen LogP contribution in [0.1, 0.15) is 31.7 Å². The van der Waals surface area contributed by atoms with Crippen molar-refractivity contribution in [2.45, 2.75) is 38.8 Å². The van der Waals surface area contributed by atoms with E-state index < -0.39 is 0 Å². The third kappa shape index (κ3) is 4.28. The van der Waals surface area contributed by atoms with Crippen molar-refractivity contribution in [1.82, 2.24) is 20.2 Å². The first-order chi connectivity index (χ1) is 10.3. The summed E-state index contributed by atoms with van der Waals surface area (Å²) in [5, 5.41) is 3.58. The number of nitrogens with one attached hydrogen (secondary N) is 1. The molecule has 1 aliphatic rings. The van der Waals surface area contributed by atoms with Crippen molar-refractivity contribution in [3.8, 4) is 11.8 Å². The largest absolute Gasteiger partial charge is 0.481 e. The first kappa shape index (κ1) is 16.0. The van der Waals surface area contributed by atoms with Gasteiger partial charge in [-0.2, -0.15) is 0 Å². The van der Waals surface area contributed by atoms with Crippen LogP contribution < -0.4 is 14.8 Å². The van der Waals surface area contributed by atoms with Crippen LogP contribution in [-0.2, 0) is 6.54 Å². The maximum atomic E-state index is 5.30. The zero-order valence-corrected chi connectivity index (χ0v) is 13.3. The number of nitrogens with zero attached hydrogens (tertiary/aromatic N) is 3. The Morgan fingerprint density at radius 2 is 1.81 bits per heavy atom. The molecular weight excluding hydrogens is 268 g/mol. The predicted octanol–water partition coefficient (Wildman–Crippen LogP) is 1.46. The fourth-order valence-corrected chi connectivity index (χ4v) is 2.81. The molecule has 6 heteroatoms. The van der Waals surface area contributed by atoms with Crippen molar-refractivity contribution >= 4 is 0 Å². The van der Waals surface area contributed by atoms with E-state index in [1.165, 1.54) is 45.2 Å². The second-order valence-electron chi connectivity index (χ2n) is 5.37. The second kappa shape index (κ2) is 8.14. The van der Waals surface area contributed by atoms with Crippen LogP contribution in [0.15, 0.2) is 6.33 Å². The number of aromatic nitrogens is 2. The van der Waals surface area contributed by atoms with Gasteiger partial charge in [0.05, 0.1) is 19.8 Å². The summed E-state index contributed by atoms with van der Waals surface area (Å²) in [5.41, 5.74) is 0.887. The zero-order chi connectivity index (χ0) is 15.1. The molecule has 0 amide bonds. The van der Waals surface area contributed by atoms with Crippen LogP contribution in [0.5, 0.6) is 11.8 Å². The number of ether oxygens (including phenoxy) is 2. The number of methoxy groups -OCH3 is 2. The topological polar surface area (TPSA) is 59.5 Å². The van der Waals surface area contributed by atoms with Crippen molar-refractivity contribution in [3.05, 3.63) is 11.9 Å². The summed E-state index contributed by atoms with van der Waals surface area (Å²) >= 11 is 0. The minimum Gasteiger partial charge on any atom is -0.481 e. The zero-order valence-electron chi connectivity index (χ0n) is 13.3. The Bertz CT molecular complexity index is 411. The standard InChI is InChI=1S/C15H26N4O2/c1-4-7-19-8-5-12(6-9-19)16-10-13-14(20-2)17-11-18-15(13)21-3/h11-12,16H,4-10H2,1-3H3. The Kier molecular flexibility index (Phi) is 6.20. The molecule has 0 aromatic carbocycles. The van der Waals surface area contributed by atoms with Crippen molar-refractivity contribution in [2.24, 2.45) is 0 Å². The highest BCUT2D eigenvalue weighted by Crippen LogP contribution is 2.23. The van der Waals surface area contributed by atoms with Gasteiger partial charge in [0, 0.05) is 12.6 Å². The third-order valence-corrected chi connectivity index (χ3v) is 3.95. The van der Waals surface area contributed by atoms with E-state index >= 15 is 0 Å². The van der Waals surface area contributed by atoms with E-state index in [4.69, 9.17) is 9.47 Å². The summed E-state index contributed by atoms with van der Waals surface area (Å²) < 4.78 is 10.6. The molecule has 0 spiro atoms. The van der Waals surface area contributed by atoms with Crippen LogP contribution in [0.3, 0.4) is 0 Å². The highest BCUT2D eigenvalue weighted by molar-refractivity contribution is 5.34. The van der Waals surface area contributed by atoms with Crippen molar-refractivity contribution in [1.29, 1.82) is 0 Å². The van der Waals surface area contributed by atoms with E-state index in [1.807, 2.05) is 0 Å². The molecule has 1 saturated heterocycles. The summed E-state index contributed by atoms with van der Waals surface area (Å²) in [6.45, 7) is 6.46. The van der Waals surface area contributed by atoms with E-state index in [9.17, 15) is 0 Å². The van der Waals surface area contributed by atoms with Crippen molar-refractivity contribution < 1.29 is 9.47 Å². The van der Waals surface area contributed by atoms with Crippen molar-refractivity contribution in [3.63, 3.8) is 0 Å². The fourth-order valence-electron chi connectivity index (χ4n) is 2.81. The number of piperidine rings is 1. The van der Waals surface area contributed by atoms with Crippen LogP contribution in [0.4, 0.5) is 0 Å². The van der Waals surface area contributed by atoms with Gasteiger partial charge in [0.2, 0.25) is 11.8 Å². The third-order valence-electron chi connectivity index (χ3n) is 3.95. The fraction of sp³-hybridized carbons (Fsp3) is 0.733. The van der Waals surface area contributed by atoms with Gasteiger partial charge in [-0.3, -0.25) is 0 Å². The molecule has 1 aromatic heterocycles. The van der Waals surface area contributed by atoms with E-state index in [0.717, 1.165) is 5.56 Å². The highest BCUT2D eigenvalue weighted by atomic mass is 16.5. The summed E-state index contributed by atoms with van der Waals surface area (Å²) in [4.78, 5) is 10.8. The first-order valence-electron chi connectivity index (χ1n) is 7.66. The van der Waals surface area contributed by atoms with Gasteiger partial charge in [0.15, 0.2) is 0 Å². The van der Waals surface area contributed by atoms with Gasteiger partial charge in [0.1, 0.15) is 6.33 Å². The second-order valence-corrected chi connectivity index (χ2v) is 5.37. The Balaban J connectivity index is 1.89. The average molecular weight is 294 g/mol. The molecule has 2 rings (SSSR count). The Labute approximate surface area is 126 Å². The van der Waals surface area contributed by atoms with Gasteiger partial charge >= 0.3 is 0 Å². The maximum Gasteiger partial charge on any atom is 0.224 e. The number of rotatable bonds is 7. The Hall–Kier alpha value is -1.40. The molecule has 0 bridgehead atoms. The lowest BCUT2D eigenvalue weighted by atomic mass is 10.0. The van der Waals surface area contributed by atoms with E-state index in [0.29, 0.717) is 24.3 Å². The summed E-state index contributed by atoms with van der Waals surface area (Å²) in [5.74, 6) is 1.16. The van der Waals surface area contributed by atoms with Crippen LogP contribution in [0.2, 0.25) is 0 Å². The van der Waals surface area contributed by atoms with Crippen LogP contribution in [0, 0.1) is 0 Å². The lowest BCUT2D eigenvalue weighted by Gasteiger charge is -2.32. The molecule has 1 N–H and O–H groups in total. The molecule has 0 unspecified atom stereocenters. The van der Waals surface area contributed by atoms with Gasteiger partial charge in [-0.1, -0.05) is 6.92 Å². The van der Waals surface area contributed by atoms with E-state index in [2.05, 4.69) is 27.1 Å². The molecule has 2 heterocycles. The van der Waals surface area contributed by atoms with Gasteiger partial charge in [0.25, 0.3) is 0 Å². The predicted molar refractivity (Wildman–Crippen MR) is 81.7 cm³/mol. The van der Waals surface area contributed by atoms with Crippen LogP contribution in [-0.4, -0.2) is 54.8 Å². The molecule has 1 aliphatic heterocycles. The lowest BCUT2D eigenvalue weighted by Crippen LogP contribution is -2.42. The molecule has 0 radical (unpaired) electrons.